The van der Waals surface area contributed by atoms with Gasteiger partial charge >= 0.3 is 18.2 Å². The molecule has 18 heavy (non-hydrogen) atoms. The summed E-state index contributed by atoms with van der Waals surface area (Å²) in [6, 6.07) is 0. The van der Waals surface area contributed by atoms with Crippen LogP contribution in [0.1, 0.15) is 40.0 Å². The normalized spacial score (nSPS) is 24.1. The monoisotopic (exact) mass is 264 g/mol. The Balaban J connectivity index is 3.10. The molecule has 0 aromatic heterocycles. The quantitative estimate of drug-likeness (QED) is 0.748. The summed E-state index contributed by atoms with van der Waals surface area (Å²) in [7, 11) is 0. The van der Waals surface area contributed by atoms with E-state index in [4.69, 9.17) is 4.74 Å². The Morgan fingerprint density at radius 3 is 2.50 bits per heavy atom. The third kappa shape index (κ3) is 2.80. The standard InChI is InChI=1S/C12H18F2O4/c1-4-5-6-8-9(17-7(2)3)12(16,11(13)14)18-10(8)15/h7,11,16H,4-6H2,1-3H3. The zero-order valence-electron chi connectivity index (χ0n) is 10.7. The number of carbonyl (C=O) groups excluding carboxylic acids is 1. The summed E-state index contributed by atoms with van der Waals surface area (Å²) >= 11 is 0. The molecule has 1 aliphatic heterocycles. The Hall–Kier alpha value is -1.17. The van der Waals surface area contributed by atoms with Crippen molar-refractivity contribution in [3.8, 4) is 0 Å². The Morgan fingerprint density at radius 1 is 1.44 bits per heavy atom. The van der Waals surface area contributed by atoms with Crippen molar-refractivity contribution in [1.29, 1.82) is 0 Å². The number of esters is 1. The van der Waals surface area contributed by atoms with Gasteiger partial charge in [-0.25, -0.2) is 13.6 Å². The topological polar surface area (TPSA) is 55.8 Å². The van der Waals surface area contributed by atoms with Crippen LogP contribution in [0.25, 0.3) is 0 Å². The Labute approximate surface area is 105 Å². The smallest absolute Gasteiger partial charge is 0.340 e. The van der Waals surface area contributed by atoms with Gasteiger partial charge in [0.05, 0.1) is 11.7 Å². The van der Waals surface area contributed by atoms with Gasteiger partial charge in [-0.15, -0.1) is 0 Å². The number of hydrogen-bond donors (Lipinski definition) is 1. The fourth-order valence-electron chi connectivity index (χ4n) is 1.66. The maximum absolute atomic E-state index is 12.9. The van der Waals surface area contributed by atoms with Crippen molar-refractivity contribution in [1.82, 2.24) is 0 Å². The van der Waals surface area contributed by atoms with Gasteiger partial charge in [0.25, 0.3) is 0 Å². The zero-order chi connectivity index (χ0) is 13.9. The van der Waals surface area contributed by atoms with E-state index in [-0.39, 0.29) is 12.0 Å². The summed E-state index contributed by atoms with van der Waals surface area (Å²) in [4.78, 5) is 11.5. The van der Waals surface area contributed by atoms with Crippen molar-refractivity contribution in [2.45, 2.75) is 58.4 Å². The summed E-state index contributed by atoms with van der Waals surface area (Å²) in [6.45, 7) is 5.15. The van der Waals surface area contributed by atoms with Gasteiger partial charge in [0, 0.05) is 0 Å². The molecule has 0 spiro atoms. The van der Waals surface area contributed by atoms with Crippen LogP contribution in [-0.4, -0.2) is 29.4 Å². The van der Waals surface area contributed by atoms with Crippen molar-refractivity contribution < 1.29 is 28.2 Å². The first-order valence-electron chi connectivity index (χ1n) is 5.97. The van der Waals surface area contributed by atoms with E-state index in [0.29, 0.717) is 6.42 Å². The SMILES string of the molecule is CCCCC1=C(OC(C)C)C(O)(C(F)F)OC1=O. The summed E-state index contributed by atoms with van der Waals surface area (Å²) in [5, 5.41) is 9.74. The zero-order valence-corrected chi connectivity index (χ0v) is 10.7. The molecule has 4 nitrogen and oxygen atoms in total. The lowest BCUT2D eigenvalue weighted by Crippen LogP contribution is -2.41. The Bertz CT molecular complexity index is 352. The molecule has 0 aromatic rings. The predicted octanol–water partition coefficient (Wildman–Crippen LogP) is 2.37. The predicted molar refractivity (Wildman–Crippen MR) is 59.8 cm³/mol. The number of carbonyl (C=O) groups is 1. The first kappa shape index (κ1) is 14.9. The van der Waals surface area contributed by atoms with Gasteiger partial charge in [-0.1, -0.05) is 13.3 Å². The molecule has 104 valence electrons. The highest BCUT2D eigenvalue weighted by Gasteiger charge is 2.55. The largest absolute Gasteiger partial charge is 0.488 e. The lowest BCUT2D eigenvalue weighted by atomic mass is 10.1. The van der Waals surface area contributed by atoms with Gasteiger partial charge in [-0.3, -0.25) is 0 Å². The van der Waals surface area contributed by atoms with Crippen molar-refractivity contribution in [3.05, 3.63) is 11.3 Å². The first-order chi connectivity index (χ1) is 8.32. The third-order valence-electron chi connectivity index (χ3n) is 2.52. The van der Waals surface area contributed by atoms with Crippen LogP contribution in [0.3, 0.4) is 0 Å². The summed E-state index contributed by atoms with van der Waals surface area (Å²) in [6.07, 6.45) is -1.99. The molecular weight excluding hydrogens is 246 g/mol. The van der Waals surface area contributed by atoms with Gasteiger partial charge < -0.3 is 14.6 Å². The molecule has 0 saturated carbocycles. The molecule has 1 N–H and O–H groups in total. The number of rotatable bonds is 6. The molecule has 1 heterocycles. The molecule has 0 amide bonds. The van der Waals surface area contributed by atoms with Crippen LogP contribution in [0.2, 0.25) is 0 Å². The van der Waals surface area contributed by atoms with E-state index in [1.165, 1.54) is 0 Å². The van der Waals surface area contributed by atoms with Gasteiger partial charge in [0.1, 0.15) is 0 Å². The molecule has 0 aromatic carbocycles. The lowest BCUT2D eigenvalue weighted by molar-refractivity contribution is -0.242. The van der Waals surface area contributed by atoms with Crippen molar-refractivity contribution in [2.75, 3.05) is 0 Å². The minimum atomic E-state index is -3.24. The molecule has 0 bridgehead atoms. The number of ether oxygens (including phenoxy) is 2. The van der Waals surface area contributed by atoms with Crippen molar-refractivity contribution in [2.24, 2.45) is 0 Å². The van der Waals surface area contributed by atoms with Crippen LogP contribution < -0.4 is 0 Å². The Kier molecular flexibility index (Phi) is 4.67. The highest BCUT2D eigenvalue weighted by atomic mass is 19.3. The van der Waals surface area contributed by atoms with Crippen LogP contribution >= 0.6 is 0 Å². The maximum atomic E-state index is 12.9. The fraction of sp³-hybridized carbons (Fsp3) is 0.750. The molecule has 0 radical (unpaired) electrons. The van der Waals surface area contributed by atoms with Crippen LogP contribution in [-0.2, 0) is 14.3 Å². The number of alkyl halides is 2. The number of cyclic esters (lactones) is 1. The average Bonchev–Trinajstić information content (AvgIpc) is 2.49. The maximum Gasteiger partial charge on any atom is 0.340 e. The molecule has 0 saturated heterocycles. The molecular formula is C12H18F2O4. The first-order valence-corrected chi connectivity index (χ1v) is 5.97. The van der Waals surface area contributed by atoms with Gasteiger partial charge in [-0.2, -0.15) is 0 Å². The van der Waals surface area contributed by atoms with Gasteiger partial charge in [0.15, 0.2) is 5.76 Å². The van der Waals surface area contributed by atoms with Crippen molar-refractivity contribution in [3.63, 3.8) is 0 Å². The van der Waals surface area contributed by atoms with E-state index in [2.05, 4.69) is 4.74 Å². The van der Waals surface area contributed by atoms with Gasteiger partial charge in [-0.05, 0) is 26.7 Å². The average molecular weight is 264 g/mol. The number of aliphatic hydroxyl groups is 1. The fourth-order valence-corrected chi connectivity index (χ4v) is 1.66. The minimum absolute atomic E-state index is 0.00773. The van der Waals surface area contributed by atoms with E-state index in [0.717, 1.165) is 6.42 Å². The van der Waals surface area contributed by atoms with E-state index in [9.17, 15) is 18.7 Å². The summed E-state index contributed by atoms with van der Waals surface area (Å²) in [5.74, 6) is -4.31. The molecule has 0 fully saturated rings. The lowest BCUT2D eigenvalue weighted by Gasteiger charge is -2.25. The number of hydrogen-bond acceptors (Lipinski definition) is 4. The second-order valence-corrected chi connectivity index (χ2v) is 4.46. The van der Waals surface area contributed by atoms with E-state index in [1.54, 1.807) is 13.8 Å². The van der Waals surface area contributed by atoms with E-state index >= 15 is 0 Å². The van der Waals surface area contributed by atoms with Crippen molar-refractivity contribution >= 4 is 5.97 Å². The van der Waals surface area contributed by atoms with Crippen LogP contribution in [0, 0.1) is 0 Å². The summed E-state index contributed by atoms with van der Waals surface area (Å²) in [5.41, 5.74) is 0.00773. The molecule has 1 aliphatic rings. The van der Waals surface area contributed by atoms with E-state index in [1.807, 2.05) is 6.92 Å². The van der Waals surface area contributed by atoms with E-state index < -0.39 is 30.0 Å². The molecule has 6 heteroatoms. The summed E-state index contributed by atoms with van der Waals surface area (Å²) < 4.78 is 35.3. The van der Waals surface area contributed by atoms with Gasteiger partial charge in [0.2, 0.25) is 0 Å². The second kappa shape index (κ2) is 5.65. The van der Waals surface area contributed by atoms with Crippen LogP contribution in [0.5, 0.6) is 0 Å². The number of unbranched alkanes of at least 4 members (excludes halogenated alkanes) is 1. The highest BCUT2D eigenvalue weighted by Crippen LogP contribution is 2.38. The Morgan fingerprint density at radius 2 is 2.06 bits per heavy atom. The third-order valence-corrected chi connectivity index (χ3v) is 2.52. The molecule has 1 rings (SSSR count). The number of halogens is 2. The molecule has 1 atom stereocenters. The highest BCUT2D eigenvalue weighted by molar-refractivity contribution is 5.92. The second-order valence-electron chi connectivity index (χ2n) is 4.46. The van der Waals surface area contributed by atoms with Crippen LogP contribution in [0.15, 0.2) is 11.3 Å². The molecule has 1 unspecified atom stereocenters. The minimum Gasteiger partial charge on any atom is -0.488 e. The molecule has 0 aliphatic carbocycles. The van der Waals surface area contributed by atoms with Crippen LogP contribution in [0.4, 0.5) is 8.78 Å².